The molecule has 0 spiro atoms. The lowest BCUT2D eigenvalue weighted by molar-refractivity contribution is -0.527. The number of carbonyl (C=O) groups is 1. The summed E-state index contributed by atoms with van der Waals surface area (Å²) in [5.74, 6) is 0.126. The first-order chi connectivity index (χ1) is 8.58. The highest BCUT2D eigenvalue weighted by Gasteiger charge is 2.34. The molecule has 1 saturated carbocycles. The number of piperazine rings is 1. The zero-order valence-corrected chi connectivity index (χ0v) is 10.9. The maximum absolute atomic E-state index is 11.2. The summed E-state index contributed by atoms with van der Waals surface area (Å²) in [6.07, 6.45) is 3.40. The van der Waals surface area contributed by atoms with E-state index in [9.17, 15) is 14.9 Å². The highest BCUT2D eigenvalue weighted by Crippen LogP contribution is 2.25. The molecule has 0 aromatic carbocycles. The Bertz CT molecular complexity index is 327. The Kier molecular flexibility index (Phi) is 4.16. The summed E-state index contributed by atoms with van der Waals surface area (Å²) in [4.78, 5) is 26.2. The molecule has 0 bridgehead atoms. The molecule has 1 aliphatic carbocycles. The van der Waals surface area contributed by atoms with Gasteiger partial charge in [0.05, 0.1) is 0 Å². The van der Waals surface area contributed by atoms with E-state index in [1.54, 1.807) is 6.92 Å². The quantitative estimate of drug-likeness (QED) is 0.539. The minimum Gasteiger partial charge on any atom is -0.340 e. The van der Waals surface area contributed by atoms with E-state index in [-0.39, 0.29) is 16.9 Å². The van der Waals surface area contributed by atoms with Crippen molar-refractivity contribution in [2.75, 3.05) is 26.2 Å². The normalized spacial score (nSPS) is 30.2. The molecular formula is C12H21N3O3. The molecule has 2 unspecified atom stereocenters. The fourth-order valence-corrected chi connectivity index (χ4v) is 3.06. The van der Waals surface area contributed by atoms with Gasteiger partial charge in [0.25, 0.3) is 0 Å². The zero-order chi connectivity index (χ0) is 13.1. The van der Waals surface area contributed by atoms with Crippen LogP contribution in [-0.4, -0.2) is 58.9 Å². The van der Waals surface area contributed by atoms with E-state index in [4.69, 9.17) is 0 Å². The number of amides is 1. The molecule has 2 aliphatic rings. The zero-order valence-electron chi connectivity index (χ0n) is 10.9. The summed E-state index contributed by atoms with van der Waals surface area (Å²) < 4.78 is 0. The number of hydrogen-bond donors (Lipinski definition) is 0. The van der Waals surface area contributed by atoms with Crippen molar-refractivity contribution in [3.05, 3.63) is 10.1 Å². The Morgan fingerprint density at radius 1 is 1.22 bits per heavy atom. The summed E-state index contributed by atoms with van der Waals surface area (Å²) in [7, 11) is 0. The van der Waals surface area contributed by atoms with E-state index in [1.807, 2.05) is 4.90 Å². The lowest BCUT2D eigenvalue weighted by Gasteiger charge is -2.40. The topological polar surface area (TPSA) is 66.7 Å². The second kappa shape index (κ2) is 5.65. The van der Waals surface area contributed by atoms with Crippen LogP contribution in [0.1, 0.15) is 32.6 Å². The first kappa shape index (κ1) is 13.3. The first-order valence-corrected chi connectivity index (χ1v) is 6.71. The lowest BCUT2D eigenvalue weighted by Crippen LogP contribution is -2.53. The predicted octanol–water partition coefficient (Wildman–Crippen LogP) is 0.738. The van der Waals surface area contributed by atoms with Gasteiger partial charge in [-0.3, -0.25) is 19.8 Å². The fourth-order valence-electron chi connectivity index (χ4n) is 3.06. The third-order valence-corrected chi connectivity index (χ3v) is 4.19. The molecule has 2 fully saturated rings. The maximum Gasteiger partial charge on any atom is 0.219 e. The monoisotopic (exact) mass is 255 g/mol. The lowest BCUT2D eigenvalue weighted by atomic mass is 9.90. The Labute approximate surface area is 107 Å². The standard InChI is InChI=1S/C12H21N3O3/c1-10(16)13-5-7-14(8-6-13)11-3-2-4-12(9-11)15(17)18/h11-12H,2-9H2,1H3. The van der Waals surface area contributed by atoms with Crippen LogP contribution in [0.25, 0.3) is 0 Å². The van der Waals surface area contributed by atoms with Crippen molar-refractivity contribution in [3.63, 3.8) is 0 Å². The van der Waals surface area contributed by atoms with Gasteiger partial charge >= 0.3 is 0 Å². The number of hydrogen-bond acceptors (Lipinski definition) is 4. The fraction of sp³-hybridized carbons (Fsp3) is 0.917. The van der Waals surface area contributed by atoms with E-state index in [0.29, 0.717) is 12.5 Å². The van der Waals surface area contributed by atoms with Gasteiger partial charge in [-0.05, 0) is 12.8 Å². The molecular weight excluding hydrogens is 234 g/mol. The van der Waals surface area contributed by atoms with Gasteiger partial charge in [0.15, 0.2) is 0 Å². The van der Waals surface area contributed by atoms with Crippen molar-refractivity contribution in [3.8, 4) is 0 Å². The SMILES string of the molecule is CC(=O)N1CCN(C2CCCC([N+](=O)[O-])C2)CC1. The van der Waals surface area contributed by atoms with E-state index < -0.39 is 0 Å². The van der Waals surface area contributed by atoms with E-state index in [2.05, 4.69) is 4.90 Å². The molecule has 6 nitrogen and oxygen atoms in total. The highest BCUT2D eigenvalue weighted by molar-refractivity contribution is 5.73. The average Bonchev–Trinajstić information content (AvgIpc) is 2.39. The van der Waals surface area contributed by atoms with Crippen LogP contribution in [0.5, 0.6) is 0 Å². The van der Waals surface area contributed by atoms with Crippen molar-refractivity contribution in [2.24, 2.45) is 0 Å². The van der Waals surface area contributed by atoms with E-state index in [0.717, 1.165) is 45.4 Å². The Morgan fingerprint density at radius 2 is 1.89 bits per heavy atom. The highest BCUT2D eigenvalue weighted by atomic mass is 16.6. The molecule has 6 heteroatoms. The minimum absolute atomic E-state index is 0.126. The Balaban J connectivity index is 1.85. The van der Waals surface area contributed by atoms with Gasteiger partial charge in [0.1, 0.15) is 0 Å². The van der Waals surface area contributed by atoms with Crippen molar-refractivity contribution in [1.29, 1.82) is 0 Å². The van der Waals surface area contributed by atoms with Crippen LogP contribution < -0.4 is 0 Å². The number of nitrogens with zero attached hydrogens (tertiary/aromatic N) is 3. The largest absolute Gasteiger partial charge is 0.340 e. The summed E-state index contributed by atoms with van der Waals surface area (Å²) in [6, 6.07) is -0.0298. The molecule has 0 aromatic heterocycles. The molecule has 0 aromatic rings. The second-order valence-corrected chi connectivity index (χ2v) is 5.30. The van der Waals surface area contributed by atoms with Crippen molar-refractivity contribution >= 4 is 5.91 Å². The van der Waals surface area contributed by atoms with Crippen LogP contribution in [0.3, 0.4) is 0 Å². The Hall–Kier alpha value is -1.17. The van der Waals surface area contributed by atoms with Crippen LogP contribution in [0.2, 0.25) is 0 Å². The van der Waals surface area contributed by atoms with Gasteiger partial charge in [0.2, 0.25) is 11.9 Å². The van der Waals surface area contributed by atoms with Gasteiger partial charge < -0.3 is 4.90 Å². The van der Waals surface area contributed by atoms with Crippen molar-refractivity contribution in [2.45, 2.75) is 44.7 Å². The smallest absolute Gasteiger partial charge is 0.219 e. The number of carbonyl (C=O) groups excluding carboxylic acids is 1. The summed E-state index contributed by atoms with van der Waals surface area (Å²) in [5, 5.41) is 10.9. The van der Waals surface area contributed by atoms with E-state index >= 15 is 0 Å². The first-order valence-electron chi connectivity index (χ1n) is 6.71. The number of nitro groups is 1. The van der Waals surface area contributed by atoms with Crippen LogP contribution in [-0.2, 0) is 4.79 Å². The summed E-state index contributed by atoms with van der Waals surface area (Å²) in [6.45, 7) is 4.83. The molecule has 2 rings (SSSR count). The van der Waals surface area contributed by atoms with Gasteiger partial charge in [-0.2, -0.15) is 0 Å². The minimum atomic E-state index is -0.366. The third-order valence-electron chi connectivity index (χ3n) is 4.19. The molecule has 18 heavy (non-hydrogen) atoms. The Morgan fingerprint density at radius 3 is 2.44 bits per heavy atom. The maximum atomic E-state index is 11.2. The van der Waals surface area contributed by atoms with Crippen LogP contribution in [0, 0.1) is 10.1 Å². The van der Waals surface area contributed by atoms with Gasteiger partial charge in [-0.1, -0.05) is 0 Å². The van der Waals surface area contributed by atoms with Crippen LogP contribution in [0.15, 0.2) is 0 Å². The molecule has 0 radical (unpaired) electrons. The molecule has 0 N–H and O–H groups in total. The molecule has 1 aliphatic heterocycles. The van der Waals surface area contributed by atoms with Crippen LogP contribution in [0.4, 0.5) is 0 Å². The van der Waals surface area contributed by atoms with Gasteiger partial charge in [-0.15, -0.1) is 0 Å². The average molecular weight is 255 g/mol. The molecule has 1 amide bonds. The second-order valence-electron chi connectivity index (χ2n) is 5.30. The molecule has 2 atom stereocenters. The van der Waals surface area contributed by atoms with E-state index in [1.165, 1.54) is 0 Å². The van der Waals surface area contributed by atoms with Crippen LogP contribution >= 0.6 is 0 Å². The van der Waals surface area contributed by atoms with Gasteiger partial charge in [-0.25, -0.2) is 0 Å². The van der Waals surface area contributed by atoms with Crippen molar-refractivity contribution in [1.82, 2.24) is 9.80 Å². The van der Waals surface area contributed by atoms with Crippen molar-refractivity contribution < 1.29 is 9.72 Å². The predicted molar refractivity (Wildman–Crippen MR) is 66.9 cm³/mol. The third kappa shape index (κ3) is 2.98. The molecule has 1 saturated heterocycles. The summed E-state index contributed by atoms with van der Waals surface area (Å²) in [5.41, 5.74) is 0. The molecule has 1 heterocycles. The number of rotatable bonds is 2. The van der Waals surface area contributed by atoms with Gasteiger partial charge in [0, 0.05) is 56.9 Å². The summed E-state index contributed by atoms with van der Waals surface area (Å²) >= 11 is 0. The molecule has 102 valence electrons.